The molecule has 0 radical (unpaired) electrons. The van der Waals surface area contributed by atoms with Crippen LogP contribution in [0.5, 0.6) is 11.5 Å². The molecule has 0 spiro atoms. The number of benzene rings is 2. The predicted molar refractivity (Wildman–Crippen MR) is 137 cm³/mol. The fraction of sp³-hybridized carbons (Fsp3) is 0.500. The third-order valence-electron chi connectivity index (χ3n) is 8.29. The van der Waals surface area contributed by atoms with Crippen LogP contribution >= 0.6 is 0 Å². The molecule has 2 aliphatic heterocycles. The minimum absolute atomic E-state index is 0.104. The van der Waals surface area contributed by atoms with Crippen molar-refractivity contribution < 1.29 is 14.0 Å². The molecule has 0 bridgehead atoms. The zero-order valence-electron chi connectivity index (χ0n) is 20.6. The first-order valence-electron chi connectivity index (χ1n) is 13.4. The second kappa shape index (κ2) is 10.4. The first kappa shape index (κ1) is 23.2. The average molecular weight is 460 g/mol. The number of nitrogens with one attached hydrogen (secondary N) is 1. The van der Waals surface area contributed by atoms with Crippen LogP contribution in [0, 0.1) is 0 Å². The summed E-state index contributed by atoms with van der Waals surface area (Å²) in [7, 11) is 0. The lowest BCUT2D eigenvalue weighted by atomic mass is 9.86. The molecule has 2 aromatic carbocycles. The van der Waals surface area contributed by atoms with Gasteiger partial charge in [0.05, 0.1) is 25.6 Å². The van der Waals surface area contributed by atoms with Gasteiger partial charge in [0.2, 0.25) is 5.91 Å². The fourth-order valence-electron chi connectivity index (χ4n) is 6.16. The van der Waals surface area contributed by atoms with E-state index < -0.39 is 0 Å². The van der Waals surface area contributed by atoms with Crippen LogP contribution in [-0.4, -0.2) is 42.6 Å². The fourth-order valence-corrected chi connectivity index (χ4v) is 6.16. The molecule has 4 heteroatoms. The summed E-state index contributed by atoms with van der Waals surface area (Å²) in [6, 6.07) is 16.2. The van der Waals surface area contributed by atoms with Crippen molar-refractivity contribution in [2.75, 3.05) is 26.2 Å². The van der Waals surface area contributed by atoms with Crippen molar-refractivity contribution in [1.29, 1.82) is 0 Å². The van der Waals surface area contributed by atoms with Gasteiger partial charge >= 0.3 is 0 Å². The molecule has 4 nitrogen and oxygen atoms in total. The summed E-state index contributed by atoms with van der Waals surface area (Å²) in [5.74, 6) is 1.37. The molecule has 5 rings (SSSR count). The summed E-state index contributed by atoms with van der Waals surface area (Å²) in [6.45, 7) is 7.04. The maximum Gasteiger partial charge on any atom is 0.232 e. The smallest absolute Gasteiger partial charge is 0.232 e. The quantitative estimate of drug-likeness (QED) is 0.420. The number of hydrogen-bond acceptors (Lipinski definition) is 2. The van der Waals surface area contributed by atoms with Crippen molar-refractivity contribution in [3.63, 3.8) is 0 Å². The molecular formula is C30H39N2O2+. The number of fused-ring (bicyclic) bond motifs is 2. The predicted octanol–water partition coefficient (Wildman–Crippen LogP) is 6.32. The Labute approximate surface area is 204 Å². The zero-order chi connectivity index (χ0) is 23.4. The maximum atomic E-state index is 13.6. The van der Waals surface area contributed by atoms with Gasteiger partial charge in [-0.1, -0.05) is 55.3 Å². The minimum atomic E-state index is -0.312. The largest absolute Gasteiger partial charge is 0.457 e. The highest BCUT2D eigenvalue weighted by Crippen LogP contribution is 2.44. The zero-order valence-corrected chi connectivity index (χ0v) is 20.6. The lowest BCUT2D eigenvalue weighted by Gasteiger charge is -2.44. The monoisotopic (exact) mass is 459 g/mol. The molecule has 1 N–H and O–H groups in total. The second-order valence-corrected chi connectivity index (χ2v) is 10.5. The molecule has 180 valence electrons. The number of rotatable bonds is 5. The van der Waals surface area contributed by atoms with E-state index in [0.29, 0.717) is 0 Å². The van der Waals surface area contributed by atoms with Gasteiger partial charge in [-0.2, -0.15) is 0 Å². The van der Waals surface area contributed by atoms with Crippen molar-refractivity contribution >= 4 is 5.91 Å². The number of para-hydroxylation sites is 2. The summed E-state index contributed by atoms with van der Waals surface area (Å²) in [5.41, 5.74) is 3.60. The Bertz CT molecular complexity index is 990. The Hall–Kier alpha value is -2.59. The van der Waals surface area contributed by atoms with Gasteiger partial charge in [-0.15, -0.1) is 0 Å². The number of nitrogens with zero attached hydrogens (tertiary/aromatic N) is 1. The number of likely N-dealkylation sites (tertiary alicyclic amines) is 1. The number of quaternary nitrogens is 1. The number of ether oxygens (including phenoxy) is 1. The van der Waals surface area contributed by atoms with E-state index in [9.17, 15) is 4.79 Å². The summed E-state index contributed by atoms with van der Waals surface area (Å²) in [5, 5.41) is 3.44. The van der Waals surface area contributed by atoms with Gasteiger partial charge < -0.3 is 14.5 Å². The molecule has 1 amide bonds. The van der Waals surface area contributed by atoms with E-state index in [4.69, 9.17) is 4.74 Å². The first-order chi connectivity index (χ1) is 16.7. The van der Waals surface area contributed by atoms with Gasteiger partial charge in [-0.05, 0) is 50.3 Å². The molecule has 0 saturated carbocycles. The van der Waals surface area contributed by atoms with Crippen molar-refractivity contribution in [2.24, 2.45) is 0 Å². The molecule has 0 unspecified atom stereocenters. The van der Waals surface area contributed by atoms with Gasteiger partial charge in [0.25, 0.3) is 0 Å². The number of piperidine rings is 1. The molecule has 3 aliphatic rings. The van der Waals surface area contributed by atoms with Gasteiger partial charge in [-0.25, -0.2) is 0 Å². The average Bonchev–Trinajstić information content (AvgIpc) is 2.85. The van der Waals surface area contributed by atoms with E-state index in [1.807, 2.05) is 48.5 Å². The van der Waals surface area contributed by atoms with Crippen LogP contribution in [0.1, 0.15) is 75.3 Å². The van der Waals surface area contributed by atoms with E-state index in [2.05, 4.69) is 18.3 Å². The van der Waals surface area contributed by atoms with Gasteiger partial charge in [0.15, 0.2) is 0 Å². The van der Waals surface area contributed by atoms with Gasteiger partial charge in [0, 0.05) is 30.0 Å². The first-order valence-corrected chi connectivity index (χ1v) is 13.4. The summed E-state index contributed by atoms with van der Waals surface area (Å²) >= 11 is 0. The molecular weight excluding hydrogens is 420 g/mol. The standard InChI is InChI=1S/C30H38N2O2/c1-2-32(22-23-12-6-4-3-5-7-13-23)20-18-24(19-21-32)31-30(33)29-25-14-8-10-16-27(25)34-28-17-11-9-15-26(28)29/h8-12,14-17,24,29H,2-7,13,18-22H2,1H3/p+1/b23-12-. The Morgan fingerprint density at radius 1 is 0.941 bits per heavy atom. The van der Waals surface area contributed by atoms with Crippen molar-refractivity contribution in [3.05, 3.63) is 71.3 Å². The van der Waals surface area contributed by atoms with Crippen LogP contribution in [-0.2, 0) is 4.79 Å². The molecule has 0 aromatic heterocycles. The third kappa shape index (κ3) is 4.93. The van der Waals surface area contributed by atoms with Crippen molar-refractivity contribution in [2.45, 2.75) is 70.3 Å². The van der Waals surface area contributed by atoms with Crippen LogP contribution in [0.25, 0.3) is 0 Å². The molecule has 34 heavy (non-hydrogen) atoms. The SMILES string of the molecule is CC[N+]1(C/C2=C\CCCCCC2)CCC(NC(=O)C2c3ccccc3Oc3ccccc32)CC1. The molecule has 0 atom stereocenters. The lowest BCUT2D eigenvalue weighted by molar-refractivity contribution is -0.927. The van der Waals surface area contributed by atoms with Crippen LogP contribution in [0.15, 0.2) is 60.2 Å². The number of carbonyl (C=O) groups excluding carboxylic acids is 1. The topological polar surface area (TPSA) is 38.3 Å². The van der Waals surface area contributed by atoms with E-state index in [-0.39, 0.29) is 17.9 Å². The Kier molecular flexibility index (Phi) is 7.05. The van der Waals surface area contributed by atoms with Crippen LogP contribution in [0.2, 0.25) is 0 Å². The second-order valence-electron chi connectivity index (χ2n) is 10.5. The molecule has 2 aromatic rings. The van der Waals surface area contributed by atoms with E-state index in [1.54, 1.807) is 5.57 Å². The molecule has 2 heterocycles. The Morgan fingerprint density at radius 2 is 1.59 bits per heavy atom. The van der Waals surface area contributed by atoms with E-state index >= 15 is 0 Å². The normalized spacial score (nSPS) is 26.6. The van der Waals surface area contributed by atoms with Crippen LogP contribution in [0.4, 0.5) is 0 Å². The minimum Gasteiger partial charge on any atom is -0.457 e. The Morgan fingerprint density at radius 3 is 2.26 bits per heavy atom. The third-order valence-corrected chi connectivity index (χ3v) is 8.29. The summed E-state index contributed by atoms with van der Waals surface area (Å²) in [6.07, 6.45) is 12.7. The molecule has 1 saturated heterocycles. The molecule has 1 fully saturated rings. The van der Waals surface area contributed by atoms with Crippen molar-refractivity contribution in [3.8, 4) is 11.5 Å². The van der Waals surface area contributed by atoms with Gasteiger partial charge in [0.1, 0.15) is 18.0 Å². The maximum absolute atomic E-state index is 13.6. The number of hydrogen-bond donors (Lipinski definition) is 1. The van der Waals surface area contributed by atoms with Crippen LogP contribution < -0.4 is 10.1 Å². The van der Waals surface area contributed by atoms with E-state index in [0.717, 1.165) is 48.6 Å². The summed E-state index contributed by atoms with van der Waals surface area (Å²) in [4.78, 5) is 13.6. The number of likely N-dealkylation sites (N-methyl/N-ethyl adjacent to an activating group) is 1. The highest BCUT2D eigenvalue weighted by molar-refractivity contribution is 5.89. The van der Waals surface area contributed by atoms with E-state index in [1.165, 1.54) is 56.1 Å². The number of carbonyl (C=O) groups is 1. The lowest BCUT2D eigenvalue weighted by Crippen LogP contribution is -2.57. The van der Waals surface area contributed by atoms with Gasteiger partial charge in [-0.3, -0.25) is 4.79 Å². The highest BCUT2D eigenvalue weighted by Gasteiger charge is 2.37. The number of allylic oxidation sites excluding steroid dienone is 1. The summed E-state index contributed by atoms with van der Waals surface area (Å²) < 4.78 is 7.27. The Balaban J connectivity index is 1.26. The van der Waals surface area contributed by atoms with Crippen LogP contribution in [0.3, 0.4) is 0 Å². The number of amides is 1. The van der Waals surface area contributed by atoms with Crippen molar-refractivity contribution in [1.82, 2.24) is 5.32 Å². The highest BCUT2D eigenvalue weighted by atomic mass is 16.5. The molecule has 1 aliphatic carbocycles.